The van der Waals surface area contributed by atoms with E-state index in [1.54, 1.807) is 6.20 Å². The van der Waals surface area contributed by atoms with Gasteiger partial charge in [0.15, 0.2) is 5.43 Å². The van der Waals surface area contributed by atoms with Crippen molar-refractivity contribution in [2.45, 2.75) is 19.8 Å². The maximum absolute atomic E-state index is 11.9. The highest BCUT2D eigenvalue weighted by Gasteiger charge is 2.11. The molecule has 0 bridgehead atoms. The van der Waals surface area contributed by atoms with Gasteiger partial charge in [0, 0.05) is 18.0 Å². The number of H-pyrrole nitrogens is 1. The Kier molecular flexibility index (Phi) is 3.80. The molecule has 19 heavy (non-hydrogen) atoms. The van der Waals surface area contributed by atoms with Crippen LogP contribution in [0.1, 0.15) is 27.0 Å². The van der Waals surface area contributed by atoms with Crippen LogP contribution in [0.15, 0.2) is 41.5 Å². The van der Waals surface area contributed by atoms with E-state index in [-0.39, 0.29) is 5.56 Å². The Bertz CT molecular complexity index is 658. The molecule has 0 fully saturated rings. The minimum atomic E-state index is -1.20. The summed E-state index contributed by atoms with van der Waals surface area (Å²) in [5, 5.41) is 8.89. The van der Waals surface area contributed by atoms with Crippen LogP contribution < -0.4 is 5.43 Å². The summed E-state index contributed by atoms with van der Waals surface area (Å²) in [5.74, 6) is -1.20. The normalized spacial score (nSPS) is 10.4. The number of aromatic nitrogens is 1. The standard InChI is InChI=1S/C15H15NO3/c1-10-3-2-4-11(7-10)5-6-12-8-16-9-13(14(12)17)15(18)19/h2-4,7-9H,5-6H2,1H3,(H,16,17)(H,18,19). The molecular weight excluding hydrogens is 242 g/mol. The number of hydrogen-bond donors (Lipinski definition) is 2. The molecule has 4 heteroatoms. The molecule has 0 aliphatic heterocycles. The molecule has 0 aliphatic rings. The Morgan fingerprint density at radius 2 is 2.05 bits per heavy atom. The molecule has 0 atom stereocenters. The second-order valence-electron chi connectivity index (χ2n) is 4.52. The number of rotatable bonds is 4. The van der Waals surface area contributed by atoms with Crippen LogP contribution in [0.3, 0.4) is 0 Å². The lowest BCUT2D eigenvalue weighted by Gasteiger charge is -2.03. The fourth-order valence-electron chi connectivity index (χ4n) is 2.02. The molecule has 0 aliphatic carbocycles. The van der Waals surface area contributed by atoms with Gasteiger partial charge in [-0.15, -0.1) is 0 Å². The lowest BCUT2D eigenvalue weighted by molar-refractivity contribution is 0.0695. The van der Waals surface area contributed by atoms with E-state index in [0.717, 1.165) is 5.56 Å². The highest BCUT2D eigenvalue weighted by Crippen LogP contribution is 2.07. The summed E-state index contributed by atoms with van der Waals surface area (Å²) < 4.78 is 0. The van der Waals surface area contributed by atoms with Crippen LogP contribution in [0.4, 0.5) is 0 Å². The SMILES string of the molecule is Cc1cccc(CCc2c[nH]cc(C(=O)O)c2=O)c1. The second-order valence-corrected chi connectivity index (χ2v) is 4.52. The lowest BCUT2D eigenvalue weighted by atomic mass is 10.0. The first kappa shape index (κ1) is 13.1. The average molecular weight is 257 g/mol. The van der Waals surface area contributed by atoms with Crippen LogP contribution in [-0.4, -0.2) is 16.1 Å². The average Bonchev–Trinajstić information content (AvgIpc) is 2.37. The van der Waals surface area contributed by atoms with Crippen molar-refractivity contribution in [2.24, 2.45) is 0 Å². The predicted octanol–water partition coefficient (Wildman–Crippen LogP) is 2.17. The Balaban J connectivity index is 2.19. The van der Waals surface area contributed by atoms with Gasteiger partial charge in [0.2, 0.25) is 0 Å². The molecule has 98 valence electrons. The molecule has 2 N–H and O–H groups in total. The molecule has 0 amide bonds. The van der Waals surface area contributed by atoms with E-state index >= 15 is 0 Å². The van der Waals surface area contributed by atoms with Gasteiger partial charge >= 0.3 is 5.97 Å². The molecule has 0 saturated heterocycles. The van der Waals surface area contributed by atoms with Crippen molar-refractivity contribution in [2.75, 3.05) is 0 Å². The van der Waals surface area contributed by atoms with Crippen molar-refractivity contribution >= 4 is 5.97 Å². The molecule has 2 rings (SSSR count). The maximum Gasteiger partial charge on any atom is 0.341 e. The maximum atomic E-state index is 11.9. The van der Waals surface area contributed by atoms with Crippen molar-refractivity contribution in [3.8, 4) is 0 Å². The van der Waals surface area contributed by atoms with Gasteiger partial charge in [-0.1, -0.05) is 29.8 Å². The van der Waals surface area contributed by atoms with E-state index < -0.39 is 11.4 Å². The first-order chi connectivity index (χ1) is 9.08. The number of carboxylic acids is 1. The largest absolute Gasteiger partial charge is 0.477 e. The third-order valence-electron chi connectivity index (χ3n) is 3.02. The summed E-state index contributed by atoms with van der Waals surface area (Å²) in [4.78, 5) is 25.5. The number of aryl methyl sites for hydroxylation is 3. The zero-order valence-corrected chi connectivity index (χ0v) is 10.6. The molecule has 0 spiro atoms. The number of aromatic amines is 1. The van der Waals surface area contributed by atoms with Crippen LogP contribution in [0.2, 0.25) is 0 Å². The monoisotopic (exact) mass is 257 g/mol. The third kappa shape index (κ3) is 3.10. The van der Waals surface area contributed by atoms with Crippen molar-refractivity contribution in [1.29, 1.82) is 0 Å². The minimum Gasteiger partial charge on any atom is -0.477 e. The summed E-state index contributed by atoms with van der Waals surface area (Å²) in [7, 11) is 0. The van der Waals surface area contributed by atoms with Gasteiger partial charge < -0.3 is 10.1 Å². The highest BCUT2D eigenvalue weighted by molar-refractivity contribution is 5.87. The number of nitrogens with one attached hydrogen (secondary N) is 1. The van der Waals surface area contributed by atoms with Gasteiger partial charge in [-0.25, -0.2) is 4.79 Å². The molecule has 4 nitrogen and oxygen atoms in total. The van der Waals surface area contributed by atoms with Crippen LogP contribution in [0.5, 0.6) is 0 Å². The summed E-state index contributed by atoms with van der Waals surface area (Å²) in [5.41, 5.74) is 2.20. The summed E-state index contributed by atoms with van der Waals surface area (Å²) >= 11 is 0. The molecule has 0 radical (unpaired) electrons. The zero-order chi connectivity index (χ0) is 13.8. The van der Waals surface area contributed by atoms with E-state index in [0.29, 0.717) is 18.4 Å². The Morgan fingerprint density at radius 3 is 2.74 bits per heavy atom. The molecule has 1 aromatic carbocycles. The van der Waals surface area contributed by atoms with Crippen LogP contribution in [0.25, 0.3) is 0 Å². The van der Waals surface area contributed by atoms with E-state index in [4.69, 9.17) is 5.11 Å². The van der Waals surface area contributed by atoms with Gasteiger partial charge in [-0.05, 0) is 25.3 Å². The molecule has 1 aromatic heterocycles. The molecule has 0 unspecified atom stereocenters. The molecule has 0 saturated carbocycles. The first-order valence-electron chi connectivity index (χ1n) is 6.07. The van der Waals surface area contributed by atoms with Crippen molar-refractivity contribution in [1.82, 2.24) is 4.98 Å². The van der Waals surface area contributed by atoms with E-state index in [9.17, 15) is 9.59 Å². The number of pyridine rings is 1. The van der Waals surface area contributed by atoms with Crippen molar-refractivity contribution < 1.29 is 9.90 Å². The summed E-state index contributed by atoms with van der Waals surface area (Å²) in [6.45, 7) is 2.02. The molecule has 1 heterocycles. The van der Waals surface area contributed by atoms with Gasteiger partial charge in [-0.2, -0.15) is 0 Å². The second kappa shape index (κ2) is 5.52. The van der Waals surface area contributed by atoms with Crippen LogP contribution >= 0.6 is 0 Å². The first-order valence-corrected chi connectivity index (χ1v) is 6.07. The number of carbonyl (C=O) groups is 1. The summed E-state index contributed by atoms with van der Waals surface area (Å²) in [6.07, 6.45) is 4.04. The van der Waals surface area contributed by atoms with E-state index in [1.165, 1.54) is 11.8 Å². The quantitative estimate of drug-likeness (QED) is 0.881. The fraction of sp³-hybridized carbons (Fsp3) is 0.200. The number of benzene rings is 1. The Morgan fingerprint density at radius 1 is 1.26 bits per heavy atom. The summed E-state index contributed by atoms with van der Waals surface area (Å²) in [6, 6.07) is 8.06. The highest BCUT2D eigenvalue weighted by atomic mass is 16.4. The van der Waals surface area contributed by atoms with Crippen LogP contribution in [0, 0.1) is 6.92 Å². The lowest BCUT2D eigenvalue weighted by Crippen LogP contribution is -2.19. The van der Waals surface area contributed by atoms with Crippen molar-refractivity contribution in [3.05, 3.63) is 69.1 Å². The topological polar surface area (TPSA) is 70.2 Å². The smallest absolute Gasteiger partial charge is 0.341 e. The third-order valence-corrected chi connectivity index (χ3v) is 3.02. The van der Waals surface area contributed by atoms with Gasteiger partial charge in [-0.3, -0.25) is 4.79 Å². The molecular formula is C15H15NO3. The molecule has 2 aromatic rings. The van der Waals surface area contributed by atoms with Gasteiger partial charge in [0.05, 0.1) is 0 Å². The van der Waals surface area contributed by atoms with Crippen LogP contribution in [-0.2, 0) is 12.8 Å². The Labute approximate surface area is 110 Å². The van der Waals surface area contributed by atoms with Gasteiger partial charge in [0.25, 0.3) is 0 Å². The van der Waals surface area contributed by atoms with E-state index in [2.05, 4.69) is 11.1 Å². The number of carboxylic acid groups (broad SMARTS) is 1. The number of hydrogen-bond acceptors (Lipinski definition) is 2. The van der Waals surface area contributed by atoms with Crippen molar-refractivity contribution in [3.63, 3.8) is 0 Å². The zero-order valence-electron chi connectivity index (χ0n) is 10.6. The Hall–Kier alpha value is -2.36. The van der Waals surface area contributed by atoms with Gasteiger partial charge in [0.1, 0.15) is 5.56 Å². The number of aromatic carboxylic acids is 1. The predicted molar refractivity (Wildman–Crippen MR) is 72.6 cm³/mol. The van der Waals surface area contributed by atoms with E-state index in [1.807, 2.05) is 25.1 Å². The fourth-order valence-corrected chi connectivity index (χ4v) is 2.02. The minimum absolute atomic E-state index is 0.207.